The summed E-state index contributed by atoms with van der Waals surface area (Å²) < 4.78 is 1.32. The third-order valence-corrected chi connectivity index (χ3v) is 6.60. The van der Waals surface area contributed by atoms with Crippen LogP contribution in [-0.2, 0) is 11.3 Å². The summed E-state index contributed by atoms with van der Waals surface area (Å²) in [4.78, 5) is 29.7. The zero-order valence-corrected chi connectivity index (χ0v) is 16.9. The van der Waals surface area contributed by atoms with Gasteiger partial charge in [-0.3, -0.25) is 9.59 Å². The van der Waals surface area contributed by atoms with Crippen LogP contribution in [0, 0.1) is 10.8 Å². The summed E-state index contributed by atoms with van der Waals surface area (Å²) in [5.74, 6) is 0.0294. The molecular weight excluding hydrogens is 340 g/mol. The minimum absolute atomic E-state index is 0.0294. The molecular formula is C21H32N4O2. The molecule has 1 aromatic rings. The van der Waals surface area contributed by atoms with E-state index >= 15 is 0 Å². The van der Waals surface area contributed by atoms with Gasteiger partial charge in [0, 0.05) is 31.7 Å². The van der Waals surface area contributed by atoms with Crippen LogP contribution in [0.25, 0.3) is 0 Å². The normalized spacial score (nSPS) is 29.8. The van der Waals surface area contributed by atoms with Gasteiger partial charge in [-0.1, -0.05) is 20.8 Å². The van der Waals surface area contributed by atoms with E-state index in [2.05, 4.69) is 30.8 Å². The van der Waals surface area contributed by atoms with Crippen LogP contribution >= 0.6 is 0 Å². The number of nitrogens with zero attached hydrogens (tertiary/aromatic N) is 4. The van der Waals surface area contributed by atoms with Crippen LogP contribution in [0.5, 0.6) is 0 Å². The summed E-state index contributed by atoms with van der Waals surface area (Å²) in [6, 6.07) is 1.94. The van der Waals surface area contributed by atoms with E-state index in [1.54, 1.807) is 12.3 Å². The molecule has 1 aliphatic carbocycles. The lowest BCUT2D eigenvalue weighted by molar-refractivity contribution is -0.133. The number of fused-ring (bicyclic) bond motifs is 2. The van der Waals surface area contributed by atoms with Crippen molar-refractivity contribution >= 4 is 11.6 Å². The van der Waals surface area contributed by atoms with Gasteiger partial charge in [0.25, 0.3) is 5.56 Å². The minimum atomic E-state index is -0.180. The summed E-state index contributed by atoms with van der Waals surface area (Å²) >= 11 is 0. The van der Waals surface area contributed by atoms with Crippen molar-refractivity contribution in [2.45, 2.75) is 71.9 Å². The Kier molecular flexibility index (Phi) is 4.55. The SMILES string of the molecule is CC1(C)C[C@@H]2C[C@@](C)(CN2C(=O)Cn2ncc(N3CCCCC3)cc2=O)C1. The van der Waals surface area contributed by atoms with Crippen molar-refractivity contribution in [3.8, 4) is 0 Å². The maximum atomic E-state index is 13.0. The molecule has 0 spiro atoms. The average molecular weight is 373 g/mol. The number of anilines is 1. The topological polar surface area (TPSA) is 58.4 Å². The average Bonchev–Trinajstić information content (AvgIpc) is 2.86. The van der Waals surface area contributed by atoms with Crippen molar-refractivity contribution in [2.75, 3.05) is 24.5 Å². The number of piperidine rings is 1. The van der Waals surface area contributed by atoms with E-state index in [-0.39, 0.29) is 28.8 Å². The lowest BCUT2D eigenvalue weighted by atomic mass is 9.65. The Hall–Kier alpha value is -1.85. The number of carbonyl (C=O) groups is 1. The molecule has 0 unspecified atom stereocenters. The van der Waals surface area contributed by atoms with Gasteiger partial charge < -0.3 is 9.80 Å². The van der Waals surface area contributed by atoms with E-state index < -0.39 is 0 Å². The highest BCUT2D eigenvalue weighted by Gasteiger charge is 2.50. The lowest BCUT2D eigenvalue weighted by Gasteiger charge is -2.39. The zero-order chi connectivity index (χ0) is 19.2. The van der Waals surface area contributed by atoms with Crippen LogP contribution in [-0.4, -0.2) is 46.3 Å². The molecule has 1 aromatic heterocycles. The third kappa shape index (κ3) is 3.76. The lowest BCUT2D eigenvalue weighted by Crippen LogP contribution is -2.41. The molecule has 0 radical (unpaired) electrons. The van der Waals surface area contributed by atoms with Gasteiger partial charge in [0.2, 0.25) is 5.91 Å². The van der Waals surface area contributed by atoms with Crippen molar-refractivity contribution in [2.24, 2.45) is 10.8 Å². The molecule has 4 rings (SSSR count). The molecule has 1 saturated carbocycles. The van der Waals surface area contributed by atoms with Gasteiger partial charge >= 0.3 is 0 Å². The van der Waals surface area contributed by atoms with Gasteiger partial charge in [0.15, 0.2) is 0 Å². The fraction of sp³-hybridized carbons (Fsp3) is 0.762. The smallest absolute Gasteiger partial charge is 0.269 e. The highest BCUT2D eigenvalue weighted by atomic mass is 16.2. The first-order chi connectivity index (χ1) is 12.7. The van der Waals surface area contributed by atoms with Crippen molar-refractivity contribution in [1.82, 2.24) is 14.7 Å². The van der Waals surface area contributed by atoms with Crippen LogP contribution in [0.4, 0.5) is 5.69 Å². The number of aromatic nitrogens is 2. The van der Waals surface area contributed by atoms with E-state index in [1.165, 1.54) is 11.1 Å². The molecule has 3 aliphatic rings. The number of hydrogen-bond acceptors (Lipinski definition) is 4. The molecule has 2 saturated heterocycles. The summed E-state index contributed by atoms with van der Waals surface area (Å²) in [5, 5.41) is 4.31. The first kappa shape index (κ1) is 18.5. The van der Waals surface area contributed by atoms with E-state index in [0.717, 1.165) is 57.4 Å². The van der Waals surface area contributed by atoms with Crippen LogP contribution in [0.15, 0.2) is 17.1 Å². The van der Waals surface area contributed by atoms with Gasteiger partial charge in [-0.25, -0.2) is 4.68 Å². The molecule has 2 atom stereocenters. The zero-order valence-electron chi connectivity index (χ0n) is 16.9. The summed E-state index contributed by atoms with van der Waals surface area (Å²) in [5.41, 5.74) is 1.19. The molecule has 2 aliphatic heterocycles. The van der Waals surface area contributed by atoms with Gasteiger partial charge in [-0.05, 0) is 49.4 Å². The van der Waals surface area contributed by atoms with Crippen LogP contribution in [0.1, 0.15) is 59.3 Å². The van der Waals surface area contributed by atoms with E-state index in [1.807, 2.05) is 4.90 Å². The summed E-state index contributed by atoms with van der Waals surface area (Å²) in [7, 11) is 0. The molecule has 0 N–H and O–H groups in total. The Bertz CT molecular complexity index is 781. The van der Waals surface area contributed by atoms with Crippen LogP contribution in [0.3, 0.4) is 0 Å². The number of carbonyl (C=O) groups excluding carboxylic acids is 1. The summed E-state index contributed by atoms with van der Waals surface area (Å²) in [6.07, 6.45) is 8.60. The second kappa shape index (κ2) is 6.64. The quantitative estimate of drug-likeness (QED) is 0.818. The van der Waals surface area contributed by atoms with Crippen molar-refractivity contribution in [3.63, 3.8) is 0 Å². The maximum absolute atomic E-state index is 13.0. The summed E-state index contributed by atoms with van der Waals surface area (Å²) in [6.45, 7) is 9.72. The van der Waals surface area contributed by atoms with E-state index in [4.69, 9.17) is 0 Å². The molecule has 0 aromatic carbocycles. The standard InChI is InChI=1S/C21H32N4O2/c1-20(2)10-17-11-21(3,14-20)15-24(17)19(27)13-25-18(26)9-16(12-22-25)23-7-5-4-6-8-23/h9,12,17H,4-8,10-11,13-15H2,1-3H3/t17-,21-/m1/s1. The first-order valence-electron chi connectivity index (χ1n) is 10.4. The molecule has 148 valence electrons. The molecule has 3 fully saturated rings. The second-order valence-corrected chi connectivity index (χ2v) is 9.99. The Morgan fingerprint density at radius 3 is 2.63 bits per heavy atom. The van der Waals surface area contributed by atoms with Crippen molar-refractivity contribution < 1.29 is 4.79 Å². The molecule has 1 amide bonds. The van der Waals surface area contributed by atoms with E-state index in [0.29, 0.717) is 6.04 Å². The molecule has 27 heavy (non-hydrogen) atoms. The fourth-order valence-corrected chi connectivity index (χ4v) is 5.84. The van der Waals surface area contributed by atoms with Gasteiger partial charge in [0.05, 0.1) is 11.9 Å². The third-order valence-electron chi connectivity index (χ3n) is 6.60. The van der Waals surface area contributed by atoms with E-state index in [9.17, 15) is 9.59 Å². The van der Waals surface area contributed by atoms with Crippen LogP contribution < -0.4 is 10.5 Å². The Balaban J connectivity index is 1.46. The Morgan fingerprint density at radius 2 is 1.93 bits per heavy atom. The fourth-order valence-electron chi connectivity index (χ4n) is 5.84. The minimum Gasteiger partial charge on any atom is -0.370 e. The monoisotopic (exact) mass is 372 g/mol. The van der Waals surface area contributed by atoms with Gasteiger partial charge in [-0.15, -0.1) is 0 Å². The number of likely N-dealkylation sites (tertiary alicyclic amines) is 1. The Morgan fingerprint density at radius 1 is 1.19 bits per heavy atom. The number of hydrogen-bond donors (Lipinski definition) is 0. The van der Waals surface area contributed by atoms with Crippen molar-refractivity contribution in [1.29, 1.82) is 0 Å². The predicted molar refractivity (Wildman–Crippen MR) is 106 cm³/mol. The first-order valence-corrected chi connectivity index (χ1v) is 10.4. The highest BCUT2D eigenvalue weighted by molar-refractivity contribution is 5.76. The molecule has 2 bridgehead atoms. The maximum Gasteiger partial charge on any atom is 0.269 e. The molecule has 6 nitrogen and oxygen atoms in total. The number of amides is 1. The van der Waals surface area contributed by atoms with Crippen LogP contribution in [0.2, 0.25) is 0 Å². The van der Waals surface area contributed by atoms with Crippen molar-refractivity contribution in [3.05, 3.63) is 22.6 Å². The predicted octanol–water partition coefficient (Wildman–Crippen LogP) is 2.66. The van der Waals surface area contributed by atoms with Gasteiger partial charge in [-0.2, -0.15) is 5.10 Å². The highest BCUT2D eigenvalue weighted by Crippen LogP contribution is 2.52. The Labute approximate surface area is 161 Å². The van der Waals surface area contributed by atoms with Gasteiger partial charge in [0.1, 0.15) is 6.54 Å². The number of rotatable bonds is 3. The largest absolute Gasteiger partial charge is 0.370 e. The molecule has 3 heterocycles. The molecule has 6 heteroatoms. The second-order valence-electron chi connectivity index (χ2n) is 9.99.